The molecule has 0 saturated heterocycles. The van der Waals surface area contributed by atoms with Crippen molar-refractivity contribution in [3.8, 4) is 0 Å². The first-order chi connectivity index (χ1) is 13.0. The number of nitrogens with zero attached hydrogens (tertiary/aromatic N) is 3. The van der Waals surface area contributed by atoms with Crippen LogP contribution in [0.15, 0.2) is 54.9 Å². The molecule has 3 aromatic rings. The van der Waals surface area contributed by atoms with Crippen LogP contribution in [0.5, 0.6) is 0 Å². The van der Waals surface area contributed by atoms with Crippen molar-refractivity contribution < 1.29 is 4.79 Å². The molecule has 1 unspecified atom stereocenters. The van der Waals surface area contributed by atoms with Crippen molar-refractivity contribution in [1.29, 1.82) is 0 Å². The Morgan fingerprint density at radius 3 is 2.48 bits per heavy atom. The summed E-state index contributed by atoms with van der Waals surface area (Å²) in [6.07, 6.45) is 3.99. The van der Waals surface area contributed by atoms with Crippen molar-refractivity contribution in [3.05, 3.63) is 76.0 Å². The van der Waals surface area contributed by atoms with E-state index in [1.165, 1.54) is 18.0 Å². The molecule has 136 valence electrons. The Labute approximate surface area is 167 Å². The molecule has 1 aromatic heterocycles. The standard InChI is InChI=1S/C20H16Cl2N4O/c1-12-6-13-4-2-3-5-18(13)26(12)20-23-10-14(11-24-20)19(27)25-17-8-15(21)7-16(22)9-17/h2-5,7-12H,6H2,1H3,(H,25,27). The number of hydrogen-bond donors (Lipinski definition) is 1. The van der Waals surface area contributed by atoms with Crippen LogP contribution in [0, 0.1) is 0 Å². The van der Waals surface area contributed by atoms with Gasteiger partial charge in [0.05, 0.1) is 5.56 Å². The number of anilines is 3. The summed E-state index contributed by atoms with van der Waals surface area (Å²) in [5, 5.41) is 3.65. The van der Waals surface area contributed by atoms with Crippen molar-refractivity contribution in [3.63, 3.8) is 0 Å². The highest BCUT2D eigenvalue weighted by Crippen LogP contribution is 2.36. The SMILES string of the molecule is CC1Cc2ccccc2N1c1ncc(C(=O)Nc2cc(Cl)cc(Cl)c2)cn1. The second-order valence-electron chi connectivity index (χ2n) is 6.44. The fraction of sp³-hybridized carbons (Fsp3) is 0.150. The van der Waals surface area contributed by atoms with E-state index in [1.54, 1.807) is 18.2 Å². The summed E-state index contributed by atoms with van der Waals surface area (Å²) in [6, 6.07) is 13.3. The molecular formula is C20H16Cl2N4O. The minimum Gasteiger partial charge on any atom is -0.322 e. The number of rotatable bonds is 3. The number of halogens is 2. The lowest BCUT2D eigenvalue weighted by Crippen LogP contribution is -2.26. The van der Waals surface area contributed by atoms with Crippen LogP contribution in [0.25, 0.3) is 0 Å². The van der Waals surface area contributed by atoms with Crippen molar-refractivity contribution in [2.24, 2.45) is 0 Å². The fourth-order valence-corrected chi connectivity index (χ4v) is 3.79. The van der Waals surface area contributed by atoms with Crippen LogP contribution in [-0.4, -0.2) is 21.9 Å². The third-order valence-corrected chi connectivity index (χ3v) is 4.88. The minimum atomic E-state index is -0.324. The quantitative estimate of drug-likeness (QED) is 0.664. The second-order valence-corrected chi connectivity index (χ2v) is 7.31. The molecule has 2 heterocycles. The number of para-hydroxylation sites is 1. The third-order valence-electron chi connectivity index (χ3n) is 4.44. The molecule has 0 spiro atoms. The third kappa shape index (κ3) is 3.61. The normalized spacial score (nSPS) is 15.5. The van der Waals surface area contributed by atoms with E-state index in [4.69, 9.17) is 23.2 Å². The van der Waals surface area contributed by atoms with Crippen molar-refractivity contribution >= 4 is 46.4 Å². The molecule has 7 heteroatoms. The Kier molecular flexibility index (Phi) is 4.72. The fourth-order valence-electron chi connectivity index (χ4n) is 3.26. The molecule has 27 heavy (non-hydrogen) atoms. The van der Waals surface area contributed by atoms with Gasteiger partial charge in [-0.15, -0.1) is 0 Å². The Morgan fingerprint density at radius 2 is 1.78 bits per heavy atom. The van der Waals surface area contributed by atoms with E-state index in [-0.39, 0.29) is 11.9 Å². The van der Waals surface area contributed by atoms with Gasteiger partial charge in [0.15, 0.2) is 0 Å². The maximum atomic E-state index is 12.4. The molecule has 2 aromatic carbocycles. The van der Waals surface area contributed by atoms with Crippen molar-refractivity contribution in [1.82, 2.24) is 9.97 Å². The molecule has 1 amide bonds. The molecule has 0 radical (unpaired) electrons. The number of nitrogens with one attached hydrogen (secondary N) is 1. The van der Waals surface area contributed by atoms with Crippen molar-refractivity contribution in [2.45, 2.75) is 19.4 Å². The van der Waals surface area contributed by atoms with Crippen LogP contribution < -0.4 is 10.2 Å². The Morgan fingerprint density at radius 1 is 1.11 bits per heavy atom. The molecule has 0 fully saturated rings. The number of fused-ring (bicyclic) bond motifs is 1. The van der Waals surface area contributed by atoms with Gasteiger partial charge in [-0.1, -0.05) is 41.4 Å². The van der Waals surface area contributed by atoms with Gasteiger partial charge in [0.25, 0.3) is 5.91 Å². The van der Waals surface area contributed by atoms with E-state index in [2.05, 4.69) is 39.2 Å². The Balaban J connectivity index is 1.55. The van der Waals surface area contributed by atoms with Gasteiger partial charge in [0, 0.05) is 39.9 Å². The highest BCUT2D eigenvalue weighted by atomic mass is 35.5. The van der Waals surface area contributed by atoms with E-state index in [9.17, 15) is 4.79 Å². The Hall–Kier alpha value is -2.63. The summed E-state index contributed by atoms with van der Waals surface area (Å²) < 4.78 is 0. The number of amides is 1. The summed E-state index contributed by atoms with van der Waals surface area (Å²) in [6.45, 7) is 2.13. The van der Waals surface area contributed by atoms with E-state index < -0.39 is 0 Å². The molecule has 0 saturated carbocycles. The largest absolute Gasteiger partial charge is 0.322 e. The highest BCUT2D eigenvalue weighted by Gasteiger charge is 2.28. The predicted octanol–water partition coefficient (Wildman–Crippen LogP) is 5.12. The van der Waals surface area contributed by atoms with Gasteiger partial charge in [-0.3, -0.25) is 4.79 Å². The number of carbonyl (C=O) groups excluding carboxylic acids is 1. The van der Waals surface area contributed by atoms with Crippen LogP contribution in [0.3, 0.4) is 0 Å². The second kappa shape index (κ2) is 7.18. The van der Waals surface area contributed by atoms with Gasteiger partial charge in [-0.2, -0.15) is 0 Å². The molecular weight excluding hydrogens is 383 g/mol. The summed E-state index contributed by atoms with van der Waals surface area (Å²) in [5.74, 6) is 0.254. The van der Waals surface area contributed by atoms with Crippen LogP contribution in [0.1, 0.15) is 22.8 Å². The first-order valence-electron chi connectivity index (χ1n) is 8.48. The number of aromatic nitrogens is 2. The van der Waals surface area contributed by atoms with Gasteiger partial charge >= 0.3 is 0 Å². The van der Waals surface area contributed by atoms with Crippen LogP contribution >= 0.6 is 23.2 Å². The zero-order valence-electron chi connectivity index (χ0n) is 14.5. The zero-order valence-corrected chi connectivity index (χ0v) is 16.0. The first-order valence-corrected chi connectivity index (χ1v) is 9.23. The lowest BCUT2D eigenvalue weighted by atomic mass is 10.1. The van der Waals surface area contributed by atoms with Gasteiger partial charge in [-0.05, 0) is 43.2 Å². The number of hydrogen-bond acceptors (Lipinski definition) is 4. The molecule has 4 rings (SSSR count). The lowest BCUT2D eigenvalue weighted by molar-refractivity contribution is 0.102. The summed E-state index contributed by atoms with van der Waals surface area (Å²) in [4.78, 5) is 23.4. The molecule has 0 aliphatic carbocycles. The molecule has 1 aliphatic heterocycles. The lowest BCUT2D eigenvalue weighted by Gasteiger charge is -2.22. The van der Waals surface area contributed by atoms with Crippen molar-refractivity contribution in [2.75, 3.05) is 10.2 Å². The van der Waals surface area contributed by atoms with E-state index in [0.29, 0.717) is 27.2 Å². The predicted molar refractivity (Wildman–Crippen MR) is 108 cm³/mol. The van der Waals surface area contributed by atoms with Crippen LogP contribution in [0.2, 0.25) is 10.0 Å². The van der Waals surface area contributed by atoms with Crippen LogP contribution in [0.4, 0.5) is 17.3 Å². The van der Waals surface area contributed by atoms with E-state index in [0.717, 1.165) is 12.1 Å². The molecule has 5 nitrogen and oxygen atoms in total. The Bertz CT molecular complexity index is 987. The highest BCUT2D eigenvalue weighted by molar-refractivity contribution is 6.35. The minimum absolute atomic E-state index is 0.260. The van der Waals surface area contributed by atoms with Crippen LogP contribution in [-0.2, 0) is 6.42 Å². The van der Waals surface area contributed by atoms with Gasteiger partial charge in [-0.25, -0.2) is 9.97 Å². The maximum absolute atomic E-state index is 12.4. The number of benzene rings is 2. The first kappa shape index (κ1) is 17.8. The van der Waals surface area contributed by atoms with E-state index in [1.807, 2.05) is 12.1 Å². The number of carbonyl (C=O) groups is 1. The molecule has 1 atom stereocenters. The topological polar surface area (TPSA) is 58.1 Å². The molecule has 1 aliphatic rings. The molecule has 1 N–H and O–H groups in total. The average molecular weight is 399 g/mol. The average Bonchev–Trinajstić information content (AvgIpc) is 2.96. The van der Waals surface area contributed by atoms with E-state index >= 15 is 0 Å². The van der Waals surface area contributed by atoms with Gasteiger partial charge in [0.2, 0.25) is 5.95 Å². The van der Waals surface area contributed by atoms with Gasteiger partial charge in [0.1, 0.15) is 0 Å². The molecule has 0 bridgehead atoms. The summed E-state index contributed by atoms with van der Waals surface area (Å²) >= 11 is 11.9. The maximum Gasteiger partial charge on any atom is 0.258 e. The smallest absolute Gasteiger partial charge is 0.258 e. The summed E-state index contributed by atoms with van der Waals surface area (Å²) in [7, 11) is 0. The summed E-state index contributed by atoms with van der Waals surface area (Å²) in [5.41, 5.74) is 3.25. The van der Waals surface area contributed by atoms with Gasteiger partial charge < -0.3 is 10.2 Å². The monoisotopic (exact) mass is 398 g/mol. The zero-order chi connectivity index (χ0) is 19.0.